The number of carbonyl (C=O) groups excluding carboxylic acids is 1. The predicted molar refractivity (Wildman–Crippen MR) is 102 cm³/mol. The van der Waals surface area contributed by atoms with Crippen LogP contribution in [0.3, 0.4) is 0 Å². The first-order chi connectivity index (χ1) is 11.7. The molecule has 0 radical (unpaired) electrons. The van der Waals surface area contributed by atoms with E-state index in [1.54, 1.807) is 4.90 Å². The van der Waals surface area contributed by atoms with Crippen molar-refractivity contribution in [3.05, 3.63) is 45.8 Å². The van der Waals surface area contributed by atoms with Gasteiger partial charge in [0.1, 0.15) is 0 Å². The molecule has 1 amide bonds. The number of thiophene rings is 1. The van der Waals surface area contributed by atoms with Crippen LogP contribution in [0.15, 0.2) is 30.3 Å². The second kappa shape index (κ2) is 7.07. The number of nitrogens with zero attached hydrogens (tertiary/aromatic N) is 1. The SMILES string of the molecule is Cc1cc(C(=O)N2CCC(NS(C)(=O)=O)C2)sc1-c1cccc(Cl)c1. The molecule has 2 aromatic rings. The van der Waals surface area contributed by atoms with Crippen LogP contribution in [-0.2, 0) is 10.0 Å². The van der Waals surface area contributed by atoms with E-state index in [1.165, 1.54) is 11.3 Å². The molecule has 5 nitrogen and oxygen atoms in total. The molecule has 134 valence electrons. The van der Waals surface area contributed by atoms with E-state index in [0.29, 0.717) is 29.4 Å². The summed E-state index contributed by atoms with van der Waals surface area (Å²) in [7, 11) is -3.26. The Balaban J connectivity index is 1.77. The monoisotopic (exact) mass is 398 g/mol. The van der Waals surface area contributed by atoms with Crippen LogP contribution in [0.5, 0.6) is 0 Å². The van der Waals surface area contributed by atoms with Gasteiger partial charge in [-0.1, -0.05) is 23.7 Å². The standard InChI is InChI=1S/C17H19ClN2O3S2/c1-11-8-15(24-16(11)12-4-3-5-13(18)9-12)17(21)20-7-6-14(10-20)19-25(2,22)23/h3-5,8-9,14,19H,6-7,10H2,1-2H3. The van der Waals surface area contributed by atoms with Gasteiger partial charge in [0.15, 0.2) is 0 Å². The molecule has 1 aromatic carbocycles. The van der Waals surface area contributed by atoms with Gasteiger partial charge in [-0.2, -0.15) is 0 Å². The van der Waals surface area contributed by atoms with E-state index in [9.17, 15) is 13.2 Å². The first-order valence-electron chi connectivity index (χ1n) is 7.86. The van der Waals surface area contributed by atoms with Gasteiger partial charge in [-0.3, -0.25) is 4.79 Å². The molecule has 1 saturated heterocycles. The lowest BCUT2D eigenvalue weighted by atomic mass is 10.1. The van der Waals surface area contributed by atoms with Gasteiger partial charge in [-0.05, 0) is 42.7 Å². The van der Waals surface area contributed by atoms with Crippen LogP contribution in [0, 0.1) is 6.92 Å². The molecule has 3 rings (SSSR count). The summed E-state index contributed by atoms with van der Waals surface area (Å²) in [5.41, 5.74) is 2.02. The lowest BCUT2D eigenvalue weighted by Gasteiger charge is -2.15. The van der Waals surface area contributed by atoms with Crippen molar-refractivity contribution >= 4 is 38.9 Å². The largest absolute Gasteiger partial charge is 0.336 e. The fourth-order valence-corrected chi connectivity index (χ4v) is 5.13. The van der Waals surface area contributed by atoms with Crippen molar-refractivity contribution in [3.8, 4) is 10.4 Å². The summed E-state index contributed by atoms with van der Waals surface area (Å²) in [5, 5.41) is 0.660. The molecule has 1 fully saturated rings. The molecular weight excluding hydrogens is 380 g/mol. The first kappa shape index (κ1) is 18.4. The van der Waals surface area contributed by atoms with Crippen molar-refractivity contribution in [1.82, 2.24) is 9.62 Å². The van der Waals surface area contributed by atoms with E-state index < -0.39 is 10.0 Å². The van der Waals surface area contributed by atoms with Gasteiger partial charge in [0.25, 0.3) is 5.91 Å². The number of aryl methyl sites for hydroxylation is 1. The number of likely N-dealkylation sites (tertiary alicyclic amines) is 1. The quantitative estimate of drug-likeness (QED) is 0.860. The van der Waals surface area contributed by atoms with E-state index in [2.05, 4.69) is 4.72 Å². The number of carbonyl (C=O) groups is 1. The highest BCUT2D eigenvalue weighted by atomic mass is 35.5. The van der Waals surface area contributed by atoms with Crippen LogP contribution in [-0.4, -0.2) is 44.6 Å². The zero-order chi connectivity index (χ0) is 18.2. The zero-order valence-corrected chi connectivity index (χ0v) is 16.3. The smallest absolute Gasteiger partial charge is 0.264 e. The molecule has 1 N–H and O–H groups in total. The fourth-order valence-electron chi connectivity index (χ4n) is 3.00. The van der Waals surface area contributed by atoms with Gasteiger partial charge in [0.2, 0.25) is 10.0 Å². The summed E-state index contributed by atoms with van der Waals surface area (Å²) < 4.78 is 25.3. The Kier molecular flexibility index (Phi) is 5.20. The van der Waals surface area contributed by atoms with Crippen LogP contribution in [0.25, 0.3) is 10.4 Å². The van der Waals surface area contributed by atoms with E-state index in [4.69, 9.17) is 11.6 Å². The van der Waals surface area contributed by atoms with Gasteiger partial charge < -0.3 is 4.90 Å². The average Bonchev–Trinajstić information content (AvgIpc) is 3.11. The summed E-state index contributed by atoms with van der Waals surface area (Å²) >= 11 is 7.50. The number of amides is 1. The Hall–Kier alpha value is -1.41. The second-order valence-electron chi connectivity index (χ2n) is 6.26. The highest BCUT2D eigenvalue weighted by Crippen LogP contribution is 2.34. The van der Waals surface area contributed by atoms with Crippen molar-refractivity contribution in [2.75, 3.05) is 19.3 Å². The molecule has 1 aromatic heterocycles. The Bertz CT molecular complexity index is 908. The highest BCUT2D eigenvalue weighted by Gasteiger charge is 2.29. The number of hydrogen-bond donors (Lipinski definition) is 1. The molecule has 25 heavy (non-hydrogen) atoms. The van der Waals surface area contributed by atoms with Gasteiger partial charge >= 0.3 is 0 Å². The molecule has 0 saturated carbocycles. The molecule has 0 bridgehead atoms. The third-order valence-electron chi connectivity index (χ3n) is 4.07. The molecule has 2 heterocycles. The molecule has 8 heteroatoms. The van der Waals surface area contributed by atoms with Gasteiger partial charge in [0.05, 0.1) is 11.1 Å². The number of rotatable bonds is 4. The lowest BCUT2D eigenvalue weighted by molar-refractivity contribution is 0.0795. The van der Waals surface area contributed by atoms with Gasteiger partial charge in [-0.15, -0.1) is 11.3 Å². The predicted octanol–water partition coefficient (Wildman–Crippen LogP) is 3.14. The Morgan fingerprint density at radius 2 is 2.12 bits per heavy atom. The van der Waals surface area contributed by atoms with Crippen LogP contribution in [0.1, 0.15) is 21.7 Å². The van der Waals surface area contributed by atoms with Gasteiger partial charge in [0, 0.05) is 29.0 Å². The Morgan fingerprint density at radius 1 is 1.36 bits per heavy atom. The average molecular weight is 399 g/mol. The third-order valence-corrected chi connectivity index (χ3v) is 6.34. The molecule has 1 unspecified atom stereocenters. The Morgan fingerprint density at radius 3 is 2.80 bits per heavy atom. The van der Waals surface area contributed by atoms with E-state index in [1.807, 2.05) is 37.3 Å². The van der Waals surface area contributed by atoms with Crippen molar-refractivity contribution in [3.63, 3.8) is 0 Å². The molecular formula is C17H19ClN2O3S2. The molecule has 0 aliphatic carbocycles. The fraction of sp³-hybridized carbons (Fsp3) is 0.353. The zero-order valence-electron chi connectivity index (χ0n) is 14.0. The normalized spacial score (nSPS) is 17.9. The number of sulfonamides is 1. The van der Waals surface area contributed by atoms with E-state index in [-0.39, 0.29) is 11.9 Å². The number of hydrogen-bond acceptors (Lipinski definition) is 4. The van der Waals surface area contributed by atoms with Crippen molar-refractivity contribution < 1.29 is 13.2 Å². The lowest BCUT2D eigenvalue weighted by Crippen LogP contribution is -2.37. The van der Waals surface area contributed by atoms with Crippen LogP contribution in [0.4, 0.5) is 0 Å². The topological polar surface area (TPSA) is 66.5 Å². The maximum Gasteiger partial charge on any atom is 0.264 e. The maximum absolute atomic E-state index is 12.8. The summed E-state index contributed by atoms with van der Waals surface area (Å²) in [4.78, 5) is 16.1. The second-order valence-corrected chi connectivity index (χ2v) is 9.53. The van der Waals surface area contributed by atoms with Gasteiger partial charge in [-0.25, -0.2) is 13.1 Å². The number of benzene rings is 1. The van der Waals surface area contributed by atoms with Crippen molar-refractivity contribution in [2.24, 2.45) is 0 Å². The van der Waals surface area contributed by atoms with Crippen LogP contribution >= 0.6 is 22.9 Å². The molecule has 1 aliphatic heterocycles. The summed E-state index contributed by atoms with van der Waals surface area (Å²) in [6.07, 6.45) is 1.77. The van der Waals surface area contributed by atoms with Crippen LogP contribution < -0.4 is 4.72 Å². The maximum atomic E-state index is 12.8. The molecule has 0 spiro atoms. The van der Waals surface area contributed by atoms with E-state index >= 15 is 0 Å². The minimum atomic E-state index is -3.26. The van der Waals surface area contributed by atoms with E-state index in [0.717, 1.165) is 22.3 Å². The summed E-state index contributed by atoms with van der Waals surface area (Å²) in [5.74, 6) is -0.0563. The van der Waals surface area contributed by atoms with Crippen LogP contribution in [0.2, 0.25) is 5.02 Å². The number of halogens is 1. The summed E-state index contributed by atoms with van der Waals surface area (Å²) in [6, 6.07) is 9.24. The highest BCUT2D eigenvalue weighted by molar-refractivity contribution is 7.88. The third kappa shape index (κ3) is 4.41. The first-order valence-corrected chi connectivity index (χ1v) is 10.9. The minimum Gasteiger partial charge on any atom is -0.336 e. The number of nitrogens with one attached hydrogen (secondary N) is 1. The van der Waals surface area contributed by atoms with Crippen molar-refractivity contribution in [2.45, 2.75) is 19.4 Å². The Labute approximate surface area is 156 Å². The summed E-state index contributed by atoms with van der Waals surface area (Å²) in [6.45, 7) is 2.92. The van der Waals surface area contributed by atoms with Crippen molar-refractivity contribution in [1.29, 1.82) is 0 Å². The minimum absolute atomic E-state index is 0.0563. The molecule has 1 atom stereocenters. The molecule has 1 aliphatic rings.